The molecule has 2 rings (SSSR count). The molecule has 0 radical (unpaired) electrons. The van der Waals surface area contributed by atoms with E-state index < -0.39 is 0 Å². The molecule has 0 saturated heterocycles. The molecule has 0 unspecified atom stereocenters. The summed E-state index contributed by atoms with van der Waals surface area (Å²) in [5, 5.41) is 12.1. The molecule has 4 nitrogen and oxygen atoms in total. The Balaban J connectivity index is 1.97. The van der Waals surface area contributed by atoms with Crippen molar-refractivity contribution in [1.82, 2.24) is 0 Å². The highest BCUT2D eigenvalue weighted by atomic mass is 79.9. The number of carbonyl (C=O) groups is 1. The second-order valence-electron chi connectivity index (χ2n) is 4.28. The van der Waals surface area contributed by atoms with Crippen molar-refractivity contribution >= 4 is 38.9 Å². The number of methoxy groups -OCH3 is 1. The van der Waals surface area contributed by atoms with E-state index in [4.69, 9.17) is 5.26 Å². The normalized spacial score (nSPS) is 9.95. The largest absolute Gasteiger partial charge is 0.469 e. The first-order valence-corrected chi connectivity index (χ1v) is 7.81. The van der Waals surface area contributed by atoms with Crippen LogP contribution < -0.4 is 5.32 Å². The molecule has 0 aliphatic heterocycles. The molecule has 108 valence electrons. The predicted molar refractivity (Wildman–Crippen MR) is 86.2 cm³/mol. The lowest BCUT2D eigenvalue weighted by atomic mass is 10.2. The van der Waals surface area contributed by atoms with Crippen LogP contribution in [0.2, 0.25) is 0 Å². The van der Waals surface area contributed by atoms with Crippen molar-refractivity contribution in [3.05, 3.63) is 50.1 Å². The summed E-state index contributed by atoms with van der Waals surface area (Å²) in [6.45, 7) is 0.663. The van der Waals surface area contributed by atoms with Crippen molar-refractivity contribution in [2.75, 3.05) is 12.4 Å². The monoisotopic (exact) mass is 364 g/mol. The average Bonchev–Trinajstić information content (AvgIpc) is 2.93. The van der Waals surface area contributed by atoms with Crippen LogP contribution in [0.15, 0.2) is 34.8 Å². The van der Waals surface area contributed by atoms with E-state index >= 15 is 0 Å². The number of carbonyl (C=O) groups excluding carboxylic acids is 1. The topological polar surface area (TPSA) is 62.1 Å². The minimum atomic E-state index is -0.230. The van der Waals surface area contributed by atoms with Gasteiger partial charge in [0.15, 0.2) is 0 Å². The van der Waals surface area contributed by atoms with Crippen molar-refractivity contribution in [2.45, 2.75) is 13.0 Å². The third-order valence-electron chi connectivity index (χ3n) is 2.81. The Morgan fingerprint density at radius 3 is 2.81 bits per heavy atom. The van der Waals surface area contributed by atoms with Crippen LogP contribution in [-0.4, -0.2) is 13.1 Å². The third-order valence-corrected chi connectivity index (χ3v) is 4.56. The highest BCUT2D eigenvalue weighted by Crippen LogP contribution is 2.25. The van der Waals surface area contributed by atoms with E-state index in [9.17, 15) is 4.79 Å². The Hall–Kier alpha value is -1.84. The molecule has 0 amide bonds. The zero-order valence-corrected chi connectivity index (χ0v) is 13.8. The van der Waals surface area contributed by atoms with Gasteiger partial charge >= 0.3 is 5.97 Å². The van der Waals surface area contributed by atoms with Gasteiger partial charge in [-0.25, -0.2) is 0 Å². The number of halogens is 1. The van der Waals surface area contributed by atoms with Gasteiger partial charge in [0.05, 0.1) is 25.2 Å². The van der Waals surface area contributed by atoms with Gasteiger partial charge < -0.3 is 10.1 Å². The van der Waals surface area contributed by atoms with Crippen LogP contribution in [0.1, 0.15) is 15.3 Å². The van der Waals surface area contributed by atoms with Crippen LogP contribution in [0, 0.1) is 11.3 Å². The van der Waals surface area contributed by atoms with E-state index in [0.29, 0.717) is 18.5 Å². The minimum absolute atomic E-state index is 0.230. The van der Waals surface area contributed by atoms with Crippen molar-refractivity contribution in [3.8, 4) is 6.07 Å². The maximum Gasteiger partial charge on any atom is 0.310 e. The summed E-state index contributed by atoms with van der Waals surface area (Å²) in [6.07, 6.45) is 0.307. The number of thiophene rings is 1. The molecule has 0 atom stereocenters. The van der Waals surface area contributed by atoms with Gasteiger partial charge in [-0.1, -0.05) is 0 Å². The summed E-state index contributed by atoms with van der Waals surface area (Å²) in [6, 6.07) is 11.4. The molecule has 21 heavy (non-hydrogen) atoms. The number of hydrogen-bond donors (Lipinski definition) is 1. The molecule has 1 aromatic carbocycles. The number of benzene rings is 1. The van der Waals surface area contributed by atoms with Crippen LogP contribution in [0.3, 0.4) is 0 Å². The van der Waals surface area contributed by atoms with E-state index in [2.05, 4.69) is 32.1 Å². The molecular weight excluding hydrogens is 352 g/mol. The predicted octanol–water partition coefficient (Wildman–Crippen LogP) is 3.71. The van der Waals surface area contributed by atoms with Crippen molar-refractivity contribution in [2.24, 2.45) is 0 Å². The van der Waals surface area contributed by atoms with Crippen LogP contribution in [0.4, 0.5) is 5.69 Å². The van der Waals surface area contributed by atoms with E-state index in [1.807, 2.05) is 18.2 Å². The van der Waals surface area contributed by atoms with Crippen LogP contribution in [-0.2, 0) is 22.5 Å². The standard InChI is InChI=1S/C15H13BrN2O2S/c1-20-15(19)7-11-3-4-12(21-11)9-18-14-5-2-10(8-17)6-13(14)16/h2-6,18H,7,9H2,1H3. The zero-order valence-electron chi connectivity index (χ0n) is 11.4. The van der Waals surface area contributed by atoms with Gasteiger partial charge in [-0.2, -0.15) is 5.26 Å². The van der Waals surface area contributed by atoms with Gasteiger partial charge in [-0.15, -0.1) is 11.3 Å². The molecule has 1 aromatic heterocycles. The lowest BCUT2D eigenvalue weighted by Gasteiger charge is -2.07. The summed E-state index contributed by atoms with van der Waals surface area (Å²) in [4.78, 5) is 13.3. The number of rotatable bonds is 5. The molecule has 2 aromatic rings. The average molecular weight is 365 g/mol. The highest BCUT2D eigenvalue weighted by Gasteiger charge is 2.07. The molecule has 0 bridgehead atoms. The first kappa shape index (κ1) is 15.5. The molecule has 6 heteroatoms. The molecule has 0 spiro atoms. The van der Waals surface area contributed by atoms with Gasteiger partial charge in [-0.3, -0.25) is 4.79 Å². The van der Waals surface area contributed by atoms with E-state index in [1.165, 1.54) is 7.11 Å². The quantitative estimate of drug-likeness (QED) is 0.821. The SMILES string of the molecule is COC(=O)Cc1ccc(CNc2ccc(C#N)cc2Br)s1. The molecule has 0 aliphatic carbocycles. The summed E-state index contributed by atoms with van der Waals surface area (Å²) >= 11 is 5.02. The van der Waals surface area contributed by atoms with Crippen LogP contribution in [0.25, 0.3) is 0 Å². The van der Waals surface area contributed by atoms with Crippen molar-refractivity contribution in [1.29, 1.82) is 5.26 Å². The number of ether oxygens (including phenoxy) is 1. The van der Waals surface area contributed by atoms with Crippen molar-refractivity contribution < 1.29 is 9.53 Å². The number of esters is 1. The van der Waals surface area contributed by atoms with Gasteiger partial charge in [0.1, 0.15) is 0 Å². The van der Waals surface area contributed by atoms with Crippen LogP contribution >= 0.6 is 27.3 Å². The number of nitrogens with one attached hydrogen (secondary N) is 1. The molecule has 0 fully saturated rings. The lowest BCUT2D eigenvalue weighted by Crippen LogP contribution is -2.02. The van der Waals surface area contributed by atoms with Gasteiger partial charge in [0, 0.05) is 26.5 Å². The number of nitrogens with zero attached hydrogens (tertiary/aromatic N) is 1. The molecule has 1 N–H and O–H groups in total. The molecular formula is C15H13BrN2O2S. The summed E-state index contributed by atoms with van der Waals surface area (Å²) < 4.78 is 5.50. The second-order valence-corrected chi connectivity index (χ2v) is 6.39. The summed E-state index contributed by atoms with van der Waals surface area (Å²) in [5.74, 6) is -0.230. The Labute approximate surface area is 135 Å². The van der Waals surface area contributed by atoms with Crippen LogP contribution in [0.5, 0.6) is 0 Å². The molecule has 1 heterocycles. The maximum atomic E-state index is 11.2. The Bertz CT molecular complexity index is 691. The Kier molecular flexibility index (Phi) is 5.37. The summed E-state index contributed by atoms with van der Waals surface area (Å²) in [5.41, 5.74) is 1.54. The fraction of sp³-hybridized carbons (Fsp3) is 0.200. The smallest absolute Gasteiger partial charge is 0.310 e. The second kappa shape index (κ2) is 7.25. The Morgan fingerprint density at radius 2 is 2.14 bits per heavy atom. The lowest BCUT2D eigenvalue weighted by molar-refractivity contribution is -0.139. The fourth-order valence-electron chi connectivity index (χ4n) is 1.74. The third kappa shape index (κ3) is 4.31. The van der Waals surface area contributed by atoms with Gasteiger partial charge in [0.25, 0.3) is 0 Å². The maximum absolute atomic E-state index is 11.2. The Morgan fingerprint density at radius 1 is 1.38 bits per heavy atom. The minimum Gasteiger partial charge on any atom is -0.469 e. The highest BCUT2D eigenvalue weighted by molar-refractivity contribution is 9.10. The van der Waals surface area contributed by atoms with Gasteiger partial charge in [-0.05, 0) is 46.3 Å². The molecule has 0 saturated carbocycles. The number of anilines is 1. The van der Waals surface area contributed by atoms with Gasteiger partial charge in [0.2, 0.25) is 0 Å². The van der Waals surface area contributed by atoms with E-state index in [0.717, 1.165) is 19.9 Å². The van der Waals surface area contributed by atoms with E-state index in [1.54, 1.807) is 23.5 Å². The number of nitriles is 1. The summed E-state index contributed by atoms with van der Waals surface area (Å²) in [7, 11) is 1.39. The fourth-order valence-corrected chi connectivity index (χ4v) is 3.20. The first-order chi connectivity index (χ1) is 10.1. The van der Waals surface area contributed by atoms with E-state index in [-0.39, 0.29) is 5.97 Å². The molecule has 0 aliphatic rings. The number of hydrogen-bond acceptors (Lipinski definition) is 5. The zero-order chi connectivity index (χ0) is 15.2. The van der Waals surface area contributed by atoms with Crippen molar-refractivity contribution in [3.63, 3.8) is 0 Å². The first-order valence-electron chi connectivity index (χ1n) is 6.20.